The van der Waals surface area contributed by atoms with Crippen molar-refractivity contribution in [3.63, 3.8) is 0 Å². The number of hydrogen-bond donors (Lipinski definition) is 1. The van der Waals surface area contributed by atoms with Gasteiger partial charge in [0.25, 0.3) is 0 Å². The summed E-state index contributed by atoms with van der Waals surface area (Å²) in [6.07, 6.45) is 0. The van der Waals surface area contributed by atoms with Crippen molar-refractivity contribution >= 4 is 34.7 Å². The average molecular weight is 461 g/mol. The van der Waals surface area contributed by atoms with Crippen molar-refractivity contribution in [2.24, 2.45) is 0 Å². The van der Waals surface area contributed by atoms with E-state index in [1.54, 1.807) is 12.1 Å². The Morgan fingerprint density at radius 3 is 2.18 bits per heavy atom. The molecule has 0 radical (unpaired) electrons. The Kier molecular flexibility index (Phi) is 7.37. The van der Waals surface area contributed by atoms with E-state index in [4.69, 9.17) is 4.74 Å². The van der Waals surface area contributed by atoms with Gasteiger partial charge in [0.1, 0.15) is 5.69 Å². The summed E-state index contributed by atoms with van der Waals surface area (Å²) in [6.45, 7) is 3.05. The maximum absolute atomic E-state index is 12.8. The van der Waals surface area contributed by atoms with Gasteiger partial charge in [-0.25, -0.2) is 4.79 Å². The second-order valence-electron chi connectivity index (χ2n) is 7.61. The van der Waals surface area contributed by atoms with E-state index in [1.165, 1.54) is 38.1 Å². The molecule has 0 spiro atoms. The molecule has 1 amide bonds. The summed E-state index contributed by atoms with van der Waals surface area (Å²) in [5.74, 6) is -2.47. The van der Waals surface area contributed by atoms with Gasteiger partial charge in [-0.05, 0) is 48.9 Å². The summed E-state index contributed by atoms with van der Waals surface area (Å²) < 4.78 is 5.34. The minimum atomic E-state index is -0.872. The molecule has 34 heavy (non-hydrogen) atoms. The van der Waals surface area contributed by atoms with Crippen molar-refractivity contribution in [2.45, 2.75) is 20.4 Å². The highest BCUT2D eigenvalue weighted by atomic mass is 16.6. The van der Waals surface area contributed by atoms with Crippen LogP contribution in [0.5, 0.6) is 5.75 Å². The van der Waals surface area contributed by atoms with Gasteiger partial charge in [-0.3, -0.25) is 19.7 Å². The van der Waals surface area contributed by atoms with E-state index >= 15 is 0 Å². The number of benzene rings is 3. The lowest BCUT2D eigenvalue weighted by molar-refractivity contribution is -0.384. The zero-order chi connectivity index (χ0) is 24.8. The van der Waals surface area contributed by atoms with Crippen LogP contribution >= 0.6 is 0 Å². The number of Topliss-reactive ketones (excluding diaryl/α,β-unsaturated/α-hetero) is 1. The molecule has 9 heteroatoms. The predicted molar refractivity (Wildman–Crippen MR) is 127 cm³/mol. The Balaban J connectivity index is 1.88. The summed E-state index contributed by atoms with van der Waals surface area (Å²) >= 11 is 0. The van der Waals surface area contributed by atoms with E-state index in [1.807, 2.05) is 42.3 Å². The first kappa shape index (κ1) is 24.1. The van der Waals surface area contributed by atoms with Gasteiger partial charge in [0.15, 0.2) is 5.78 Å². The number of ether oxygens (including phenoxy) is 1. The van der Waals surface area contributed by atoms with Gasteiger partial charge < -0.3 is 15.0 Å². The Bertz CT molecular complexity index is 1240. The molecule has 0 aliphatic carbocycles. The van der Waals surface area contributed by atoms with Gasteiger partial charge in [0, 0.05) is 26.2 Å². The van der Waals surface area contributed by atoms with Crippen molar-refractivity contribution in [1.82, 2.24) is 0 Å². The number of hydrogen-bond acceptors (Lipinski definition) is 7. The van der Waals surface area contributed by atoms with Crippen LogP contribution in [-0.4, -0.2) is 29.6 Å². The molecule has 0 heterocycles. The number of ketones is 1. The SMILES string of the molecule is CC(=O)Nc1ccc(C(C)=O)c(OC(=O)c2ccc(N(C)Cc3ccccc3)cc2)c1[N+](=O)[O-]. The standard InChI is InChI=1S/C25H23N3O6/c1-16(29)21-13-14-22(26-17(2)30)23(28(32)33)24(21)34-25(31)19-9-11-20(12-10-19)27(3)15-18-7-5-4-6-8-18/h4-14H,15H2,1-3H3,(H,26,30). The minimum Gasteiger partial charge on any atom is -0.415 e. The van der Waals surface area contributed by atoms with E-state index in [2.05, 4.69) is 5.32 Å². The lowest BCUT2D eigenvalue weighted by atomic mass is 10.1. The number of carbonyl (C=O) groups excluding carboxylic acids is 3. The fourth-order valence-corrected chi connectivity index (χ4v) is 3.38. The Morgan fingerprint density at radius 1 is 0.971 bits per heavy atom. The highest BCUT2D eigenvalue weighted by Crippen LogP contribution is 2.39. The van der Waals surface area contributed by atoms with Crippen molar-refractivity contribution in [2.75, 3.05) is 17.3 Å². The smallest absolute Gasteiger partial charge is 0.343 e. The quantitative estimate of drug-likeness (QED) is 0.171. The molecule has 3 aromatic carbocycles. The third kappa shape index (κ3) is 5.63. The number of amides is 1. The lowest BCUT2D eigenvalue weighted by Gasteiger charge is -2.19. The van der Waals surface area contributed by atoms with Crippen LogP contribution in [0.25, 0.3) is 0 Å². The van der Waals surface area contributed by atoms with E-state index < -0.39 is 34.0 Å². The highest BCUT2D eigenvalue weighted by molar-refractivity contribution is 6.03. The van der Waals surface area contributed by atoms with Crippen LogP contribution in [0.4, 0.5) is 17.1 Å². The number of nitrogens with one attached hydrogen (secondary N) is 1. The molecule has 0 bridgehead atoms. The van der Waals surface area contributed by atoms with E-state index in [0.717, 1.165) is 11.3 Å². The second kappa shape index (κ2) is 10.4. The van der Waals surface area contributed by atoms with E-state index in [9.17, 15) is 24.5 Å². The number of nitrogens with zero attached hydrogens (tertiary/aromatic N) is 2. The van der Waals surface area contributed by atoms with Gasteiger partial charge in [-0.2, -0.15) is 0 Å². The molecule has 174 valence electrons. The van der Waals surface area contributed by atoms with Crippen molar-refractivity contribution in [3.05, 3.63) is 93.5 Å². The molecule has 0 aromatic heterocycles. The summed E-state index contributed by atoms with van der Waals surface area (Å²) in [4.78, 5) is 49.2. The van der Waals surface area contributed by atoms with Crippen molar-refractivity contribution in [3.8, 4) is 5.75 Å². The number of anilines is 2. The lowest BCUT2D eigenvalue weighted by Crippen LogP contribution is -2.17. The highest BCUT2D eigenvalue weighted by Gasteiger charge is 2.29. The first-order valence-electron chi connectivity index (χ1n) is 10.3. The molecule has 0 atom stereocenters. The largest absolute Gasteiger partial charge is 0.415 e. The zero-order valence-corrected chi connectivity index (χ0v) is 18.9. The van der Waals surface area contributed by atoms with Crippen LogP contribution in [0.15, 0.2) is 66.7 Å². The summed E-state index contributed by atoms with van der Waals surface area (Å²) in [5, 5.41) is 14.1. The fourth-order valence-electron chi connectivity index (χ4n) is 3.38. The number of esters is 1. The van der Waals surface area contributed by atoms with Crippen LogP contribution in [0.2, 0.25) is 0 Å². The van der Waals surface area contributed by atoms with Crippen LogP contribution in [-0.2, 0) is 11.3 Å². The van der Waals surface area contributed by atoms with Crippen LogP contribution in [0, 0.1) is 10.1 Å². The predicted octanol–water partition coefficient (Wildman–Crippen LogP) is 4.61. The van der Waals surface area contributed by atoms with Crippen LogP contribution in [0.3, 0.4) is 0 Å². The van der Waals surface area contributed by atoms with Gasteiger partial charge in [0.05, 0.1) is 16.1 Å². The monoisotopic (exact) mass is 461 g/mol. The first-order chi connectivity index (χ1) is 16.2. The molecule has 0 saturated carbocycles. The first-order valence-corrected chi connectivity index (χ1v) is 10.3. The molecule has 9 nitrogen and oxygen atoms in total. The number of nitro groups is 1. The van der Waals surface area contributed by atoms with E-state index in [-0.39, 0.29) is 16.8 Å². The maximum atomic E-state index is 12.8. The fraction of sp³-hybridized carbons (Fsp3) is 0.160. The summed E-state index contributed by atoms with van der Waals surface area (Å²) in [5.41, 5.74) is 1.12. The van der Waals surface area contributed by atoms with Gasteiger partial charge >= 0.3 is 11.7 Å². The molecular weight excluding hydrogens is 438 g/mol. The molecule has 3 rings (SSSR count). The van der Waals surface area contributed by atoms with Gasteiger partial charge in [0.2, 0.25) is 11.7 Å². The van der Waals surface area contributed by atoms with Crippen LogP contribution in [0.1, 0.15) is 40.1 Å². The molecule has 0 fully saturated rings. The normalized spacial score (nSPS) is 10.3. The number of carbonyl (C=O) groups is 3. The Hall–Kier alpha value is -4.53. The Morgan fingerprint density at radius 2 is 1.62 bits per heavy atom. The molecular formula is C25H23N3O6. The van der Waals surface area contributed by atoms with E-state index in [0.29, 0.717) is 6.54 Å². The summed E-state index contributed by atoms with van der Waals surface area (Å²) in [7, 11) is 1.91. The third-order valence-electron chi connectivity index (χ3n) is 5.01. The van der Waals surface area contributed by atoms with Crippen molar-refractivity contribution < 1.29 is 24.0 Å². The van der Waals surface area contributed by atoms with Crippen molar-refractivity contribution in [1.29, 1.82) is 0 Å². The molecule has 3 aromatic rings. The molecule has 0 saturated heterocycles. The third-order valence-corrected chi connectivity index (χ3v) is 5.01. The Labute approximate surface area is 196 Å². The van der Waals surface area contributed by atoms with Crippen LogP contribution < -0.4 is 15.0 Å². The molecule has 0 aliphatic heterocycles. The molecule has 0 unspecified atom stereocenters. The zero-order valence-electron chi connectivity index (χ0n) is 18.9. The van der Waals surface area contributed by atoms with Gasteiger partial charge in [-0.15, -0.1) is 0 Å². The topological polar surface area (TPSA) is 119 Å². The average Bonchev–Trinajstić information content (AvgIpc) is 2.79. The van der Waals surface area contributed by atoms with Gasteiger partial charge in [-0.1, -0.05) is 30.3 Å². The molecule has 0 aliphatic rings. The number of rotatable bonds is 8. The number of nitro benzene ring substituents is 1. The summed E-state index contributed by atoms with van der Waals surface area (Å²) in [6, 6.07) is 18.9. The minimum absolute atomic E-state index is 0.144. The maximum Gasteiger partial charge on any atom is 0.343 e. The molecule has 1 N–H and O–H groups in total. The second-order valence-corrected chi connectivity index (χ2v) is 7.61.